The molecule has 0 radical (unpaired) electrons. The topological polar surface area (TPSA) is 62.7 Å². The SMILES string of the molecule is O=C(O)C1(COc2cc3c(nc2SC2CC(F)(F)C2)N(c2cccc(F)c2)CCCS3)CC1. The molecule has 0 spiro atoms. The zero-order valence-corrected chi connectivity index (χ0v) is 19.4. The van der Waals surface area contributed by atoms with Crippen molar-refractivity contribution in [2.45, 2.75) is 53.2 Å². The van der Waals surface area contributed by atoms with Crippen molar-refractivity contribution in [3.63, 3.8) is 0 Å². The van der Waals surface area contributed by atoms with Gasteiger partial charge in [0, 0.05) is 36.4 Å². The van der Waals surface area contributed by atoms with Gasteiger partial charge in [-0.3, -0.25) is 4.79 Å². The Balaban J connectivity index is 1.49. The van der Waals surface area contributed by atoms with Crippen LogP contribution >= 0.6 is 23.5 Å². The maximum Gasteiger partial charge on any atom is 0.313 e. The van der Waals surface area contributed by atoms with Crippen molar-refractivity contribution in [1.82, 2.24) is 4.98 Å². The summed E-state index contributed by atoms with van der Waals surface area (Å²) in [7, 11) is 0. The average molecular weight is 497 g/mol. The van der Waals surface area contributed by atoms with Crippen LogP contribution in [0.1, 0.15) is 32.1 Å². The number of carboxylic acids is 1. The molecule has 0 saturated heterocycles. The number of fused-ring (bicyclic) bond motifs is 1. The van der Waals surface area contributed by atoms with Crippen LogP contribution in [-0.4, -0.2) is 46.1 Å². The molecule has 0 amide bonds. The lowest BCUT2D eigenvalue weighted by molar-refractivity contribution is -0.144. The molecular formula is C23H23F3N2O3S2. The van der Waals surface area contributed by atoms with Gasteiger partial charge in [-0.2, -0.15) is 0 Å². The molecule has 176 valence electrons. The number of halogens is 3. The van der Waals surface area contributed by atoms with Crippen LogP contribution in [0.25, 0.3) is 0 Å². The maximum absolute atomic E-state index is 13.9. The lowest BCUT2D eigenvalue weighted by Gasteiger charge is -2.34. The van der Waals surface area contributed by atoms with E-state index < -0.39 is 17.3 Å². The molecule has 2 saturated carbocycles. The summed E-state index contributed by atoms with van der Waals surface area (Å²) < 4.78 is 46.8. The van der Waals surface area contributed by atoms with Gasteiger partial charge >= 0.3 is 5.97 Å². The number of aliphatic carboxylic acids is 1. The Morgan fingerprint density at radius 2 is 2.09 bits per heavy atom. The largest absolute Gasteiger partial charge is 0.490 e. The fourth-order valence-corrected chi connectivity index (χ4v) is 6.29. The molecule has 33 heavy (non-hydrogen) atoms. The summed E-state index contributed by atoms with van der Waals surface area (Å²) in [6.45, 7) is 0.667. The van der Waals surface area contributed by atoms with E-state index in [1.165, 1.54) is 23.9 Å². The minimum atomic E-state index is -2.66. The normalized spacial score (nSPS) is 21.0. The molecule has 5 rings (SSSR count). The number of rotatable bonds is 7. The number of ether oxygens (including phenoxy) is 1. The van der Waals surface area contributed by atoms with Crippen molar-refractivity contribution in [3.8, 4) is 5.75 Å². The Morgan fingerprint density at radius 1 is 1.30 bits per heavy atom. The van der Waals surface area contributed by atoms with E-state index in [1.807, 2.05) is 17.0 Å². The van der Waals surface area contributed by atoms with Crippen molar-refractivity contribution in [2.75, 3.05) is 23.8 Å². The smallest absolute Gasteiger partial charge is 0.313 e. The van der Waals surface area contributed by atoms with Crippen molar-refractivity contribution < 1.29 is 27.8 Å². The molecule has 2 fully saturated rings. The van der Waals surface area contributed by atoms with E-state index in [1.54, 1.807) is 17.8 Å². The number of aromatic nitrogens is 1. The minimum Gasteiger partial charge on any atom is -0.490 e. The molecule has 2 aromatic rings. The Bertz CT molecular complexity index is 1070. The van der Waals surface area contributed by atoms with E-state index in [0.717, 1.165) is 17.1 Å². The third-order valence-corrected chi connectivity index (χ3v) is 8.49. The summed E-state index contributed by atoms with van der Waals surface area (Å²) in [6, 6.07) is 8.14. The molecule has 0 bridgehead atoms. The summed E-state index contributed by atoms with van der Waals surface area (Å²) in [5.74, 6) is -1.99. The number of thioether (sulfide) groups is 2. The monoisotopic (exact) mass is 496 g/mol. The summed E-state index contributed by atoms with van der Waals surface area (Å²) in [6.07, 6.45) is 1.52. The predicted octanol–water partition coefficient (Wildman–Crippen LogP) is 5.99. The van der Waals surface area contributed by atoms with Crippen LogP contribution in [0.3, 0.4) is 0 Å². The molecule has 10 heteroatoms. The Hall–Kier alpha value is -2.07. The number of hydrogen-bond donors (Lipinski definition) is 1. The van der Waals surface area contributed by atoms with Crippen LogP contribution in [0.2, 0.25) is 0 Å². The van der Waals surface area contributed by atoms with Gasteiger partial charge in [0.2, 0.25) is 5.92 Å². The lowest BCUT2D eigenvalue weighted by Crippen LogP contribution is -2.37. The number of pyridine rings is 1. The second kappa shape index (κ2) is 8.61. The first kappa shape index (κ1) is 22.7. The number of carboxylic acid groups (broad SMARTS) is 1. The molecule has 2 heterocycles. The summed E-state index contributed by atoms with van der Waals surface area (Å²) in [4.78, 5) is 19.2. The van der Waals surface area contributed by atoms with Gasteiger partial charge in [0.05, 0.1) is 4.90 Å². The average Bonchev–Trinajstić information content (AvgIpc) is 3.55. The van der Waals surface area contributed by atoms with Crippen LogP contribution in [-0.2, 0) is 4.79 Å². The van der Waals surface area contributed by atoms with Gasteiger partial charge < -0.3 is 14.7 Å². The highest BCUT2D eigenvalue weighted by Gasteiger charge is 2.51. The molecule has 1 N–H and O–H groups in total. The quantitative estimate of drug-likeness (QED) is 0.505. The molecule has 2 aliphatic carbocycles. The summed E-state index contributed by atoms with van der Waals surface area (Å²) in [5.41, 5.74) is -0.201. The van der Waals surface area contributed by atoms with E-state index in [4.69, 9.17) is 9.72 Å². The highest BCUT2D eigenvalue weighted by atomic mass is 32.2. The van der Waals surface area contributed by atoms with Crippen LogP contribution in [0.5, 0.6) is 5.75 Å². The van der Waals surface area contributed by atoms with E-state index in [2.05, 4.69) is 0 Å². The van der Waals surface area contributed by atoms with Crippen molar-refractivity contribution in [3.05, 3.63) is 36.1 Å². The van der Waals surface area contributed by atoms with Crippen molar-refractivity contribution in [1.29, 1.82) is 0 Å². The zero-order valence-electron chi connectivity index (χ0n) is 17.7. The summed E-state index contributed by atoms with van der Waals surface area (Å²) >= 11 is 2.85. The Kier molecular flexibility index (Phi) is 5.93. The molecule has 1 aromatic carbocycles. The Labute approximate surface area is 198 Å². The number of carbonyl (C=O) groups is 1. The van der Waals surface area contributed by atoms with Crippen LogP contribution in [0.15, 0.2) is 40.3 Å². The first-order valence-electron chi connectivity index (χ1n) is 10.9. The lowest BCUT2D eigenvalue weighted by atomic mass is 9.94. The Morgan fingerprint density at radius 3 is 2.76 bits per heavy atom. The third kappa shape index (κ3) is 4.77. The second-order valence-corrected chi connectivity index (χ2v) is 11.3. The van der Waals surface area contributed by atoms with Gasteiger partial charge in [0.25, 0.3) is 0 Å². The van der Waals surface area contributed by atoms with Crippen molar-refractivity contribution in [2.24, 2.45) is 5.41 Å². The molecular weight excluding hydrogens is 473 g/mol. The maximum atomic E-state index is 13.9. The van der Waals surface area contributed by atoms with E-state index in [-0.39, 0.29) is 30.5 Å². The highest BCUT2D eigenvalue weighted by molar-refractivity contribution is 8.00. The van der Waals surface area contributed by atoms with Crippen LogP contribution in [0, 0.1) is 11.2 Å². The van der Waals surface area contributed by atoms with Crippen LogP contribution < -0.4 is 9.64 Å². The molecule has 0 unspecified atom stereocenters. The van der Waals surface area contributed by atoms with E-state index in [0.29, 0.717) is 41.7 Å². The zero-order chi connectivity index (χ0) is 23.2. The number of benzene rings is 1. The van der Waals surface area contributed by atoms with Crippen LogP contribution in [0.4, 0.5) is 24.7 Å². The number of anilines is 2. The standard InChI is InChI=1S/C23H23F3N2O3S2/c24-14-3-1-4-15(9-14)28-7-2-8-32-18-10-17(31-13-22(5-6-22)21(29)30)20(27-19(18)28)33-16-11-23(25,26)12-16/h1,3-4,9-10,16H,2,5-8,11-13H2,(H,29,30). The first-order chi connectivity index (χ1) is 15.7. The van der Waals surface area contributed by atoms with E-state index >= 15 is 0 Å². The molecule has 0 atom stereocenters. The fourth-order valence-electron chi connectivity index (χ4n) is 3.98. The molecule has 1 aromatic heterocycles. The van der Waals surface area contributed by atoms with Gasteiger partial charge in [-0.25, -0.2) is 18.2 Å². The van der Waals surface area contributed by atoms with Gasteiger partial charge in [-0.05, 0) is 43.2 Å². The molecule has 5 nitrogen and oxygen atoms in total. The van der Waals surface area contributed by atoms with Crippen molar-refractivity contribution >= 4 is 41.0 Å². The minimum absolute atomic E-state index is 0.0233. The van der Waals surface area contributed by atoms with Gasteiger partial charge in [-0.1, -0.05) is 17.8 Å². The first-order valence-corrected chi connectivity index (χ1v) is 12.7. The predicted molar refractivity (Wildman–Crippen MR) is 122 cm³/mol. The van der Waals surface area contributed by atoms with Gasteiger partial charge in [-0.15, -0.1) is 11.8 Å². The fraction of sp³-hybridized carbons (Fsp3) is 0.478. The number of alkyl halides is 2. The second-order valence-electron chi connectivity index (χ2n) is 8.83. The van der Waals surface area contributed by atoms with Gasteiger partial charge in [0.1, 0.15) is 28.7 Å². The molecule has 3 aliphatic rings. The highest BCUT2D eigenvalue weighted by Crippen LogP contribution is 2.51. The molecule has 1 aliphatic heterocycles. The van der Waals surface area contributed by atoms with Gasteiger partial charge in [0.15, 0.2) is 5.75 Å². The number of hydrogen-bond acceptors (Lipinski definition) is 6. The summed E-state index contributed by atoms with van der Waals surface area (Å²) in [5, 5.41) is 9.67. The van der Waals surface area contributed by atoms with E-state index in [9.17, 15) is 23.1 Å². The third-order valence-electron chi connectivity index (χ3n) is 6.20. The number of nitrogens with zero attached hydrogens (tertiary/aromatic N) is 2.